The first kappa shape index (κ1) is 26.7. The molecule has 7 rings (SSSR count). The van der Waals surface area contributed by atoms with E-state index in [4.69, 9.17) is 14.2 Å². The van der Waals surface area contributed by atoms with Gasteiger partial charge in [-0.2, -0.15) is 0 Å². The fraction of sp³-hybridized carbons (Fsp3) is 0.194. The first-order chi connectivity index (χ1) is 20.9. The van der Waals surface area contributed by atoms with Crippen LogP contribution >= 0.6 is 0 Å². The molecule has 1 aliphatic carbocycles. The second kappa shape index (κ2) is 9.98. The van der Waals surface area contributed by atoms with Gasteiger partial charge in [0.1, 0.15) is 17.2 Å². The van der Waals surface area contributed by atoms with Crippen LogP contribution in [0.3, 0.4) is 0 Å². The van der Waals surface area contributed by atoms with Gasteiger partial charge in [0.15, 0.2) is 28.8 Å². The predicted molar refractivity (Wildman–Crippen MR) is 163 cm³/mol. The van der Waals surface area contributed by atoms with Crippen molar-refractivity contribution in [1.82, 2.24) is 0 Å². The molecule has 1 spiro atoms. The van der Waals surface area contributed by atoms with E-state index < -0.39 is 23.4 Å². The Kier molecular flexibility index (Phi) is 6.20. The summed E-state index contributed by atoms with van der Waals surface area (Å²) in [5.74, 6) is -0.0414. The minimum absolute atomic E-state index is 0.203. The number of hydrogen-bond acceptors (Lipinski definition) is 7. The molecule has 3 atom stereocenters. The van der Waals surface area contributed by atoms with Crippen molar-refractivity contribution >= 4 is 29.1 Å². The second-order valence-electron chi connectivity index (χ2n) is 11.0. The molecule has 1 unspecified atom stereocenters. The highest BCUT2D eigenvalue weighted by Crippen LogP contribution is 2.61. The molecule has 3 aliphatic rings. The number of para-hydroxylation sites is 1. The van der Waals surface area contributed by atoms with Crippen LogP contribution in [0.5, 0.6) is 17.2 Å². The first-order valence-electron chi connectivity index (χ1n) is 14.1. The molecule has 1 fully saturated rings. The lowest BCUT2D eigenvalue weighted by Crippen LogP contribution is -2.48. The van der Waals surface area contributed by atoms with Crippen molar-refractivity contribution in [3.63, 3.8) is 0 Å². The summed E-state index contributed by atoms with van der Waals surface area (Å²) in [6, 6.07) is 25.4. The van der Waals surface area contributed by atoms with E-state index >= 15 is 0 Å². The lowest BCUT2D eigenvalue weighted by atomic mass is 9.64. The highest BCUT2D eigenvalue weighted by atomic mass is 16.5. The van der Waals surface area contributed by atoms with Gasteiger partial charge in [-0.15, -0.1) is 0 Å². The van der Waals surface area contributed by atoms with E-state index in [1.54, 1.807) is 74.9 Å². The number of hydrogen-bond donors (Lipinski definition) is 0. The summed E-state index contributed by atoms with van der Waals surface area (Å²) in [5.41, 5.74) is 1.95. The molecule has 0 radical (unpaired) electrons. The van der Waals surface area contributed by atoms with Gasteiger partial charge in [-0.25, -0.2) is 0 Å². The van der Waals surface area contributed by atoms with E-state index in [9.17, 15) is 14.4 Å². The number of carbonyl (C=O) groups excluding carboxylic acids is 3. The minimum Gasteiger partial charge on any atom is -0.497 e. The molecule has 0 amide bonds. The maximum atomic E-state index is 14.8. The van der Waals surface area contributed by atoms with Crippen LogP contribution in [0.15, 0.2) is 97.1 Å². The van der Waals surface area contributed by atoms with Gasteiger partial charge in [0.05, 0.1) is 27.4 Å². The Labute approximate surface area is 249 Å². The summed E-state index contributed by atoms with van der Waals surface area (Å²) in [7, 11) is 4.66. The number of methoxy groups -OCH3 is 3. The average Bonchev–Trinajstić information content (AvgIpc) is 3.50. The molecular formula is C36H29NO6. The fourth-order valence-electron chi connectivity index (χ4n) is 7.26. The van der Waals surface area contributed by atoms with E-state index in [2.05, 4.69) is 0 Å². The van der Waals surface area contributed by atoms with Gasteiger partial charge in [0, 0.05) is 28.3 Å². The number of anilines is 1. The zero-order chi connectivity index (χ0) is 29.9. The zero-order valence-electron chi connectivity index (χ0n) is 23.9. The number of ketones is 3. The summed E-state index contributed by atoms with van der Waals surface area (Å²) in [6.07, 6.45) is 3.87. The maximum absolute atomic E-state index is 14.8. The molecule has 0 saturated carbocycles. The Bertz CT molecular complexity index is 1790. The van der Waals surface area contributed by atoms with Crippen LogP contribution in [0, 0.1) is 5.41 Å². The van der Waals surface area contributed by atoms with Crippen molar-refractivity contribution in [2.45, 2.75) is 18.0 Å². The van der Waals surface area contributed by atoms with Gasteiger partial charge in [-0.3, -0.25) is 14.4 Å². The van der Waals surface area contributed by atoms with Gasteiger partial charge < -0.3 is 19.1 Å². The van der Waals surface area contributed by atoms with E-state index in [0.29, 0.717) is 39.5 Å². The van der Waals surface area contributed by atoms with Crippen molar-refractivity contribution in [3.8, 4) is 17.2 Å². The standard InChI is InChI=1S/C36H29NO6/c1-41-24-16-12-22(13-17-24)33(38)32-31(23-14-18-28(42-2)29(20-23)43-3)36(34(39)25-9-5-6-10-26(25)35(36)40)30-19-15-21-8-4-7-11-27(21)37(30)32/h4-20,30-32H,1-3H3/t30?,31-,32+/m0/s1. The second-order valence-corrected chi connectivity index (χ2v) is 11.0. The van der Waals surface area contributed by atoms with Crippen LogP contribution in [-0.4, -0.2) is 50.8 Å². The van der Waals surface area contributed by atoms with Gasteiger partial charge in [0.2, 0.25) is 0 Å². The van der Waals surface area contributed by atoms with Gasteiger partial charge in [0.25, 0.3) is 0 Å². The summed E-state index contributed by atoms with van der Waals surface area (Å²) in [6.45, 7) is 0. The van der Waals surface area contributed by atoms with Gasteiger partial charge in [-0.05, 0) is 53.6 Å². The lowest BCUT2D eigenvalue weighted by molar-refractivity contribution is 0.0665. The van der Waals surface area contributed by atoms with Crippen LogP contribution in [0.25, 0.3) is 6.08 Å². The monoisotopic (exact) mass is 571 g/mol. The SMILES string of the molecule is COc1ccc(C(=O)[C@H]2[C@H](c3ccc(OC)c(OC)c3)C3(C(=O)c4ccccc4C3=O)C3C=Cc4ccccc4N32)cc1. The number of nitrogens with zero attached hydrogens (tertiary/aromatic N) is 1. The third kappa shape index (κ3) is 3.64. The van der Waals surface area contributed by atoms with Crippen LogP contribution in [0.4, 0.5) is 5.69 Å². The topological polar surface area (TPSA) is 82.1 Å². The molecule has 1 saturated heterocycles. The average molecular weight is 572 g/mol. The van der Waals surface area contributed by atoms with E-state index in [1.807, 2.05) is 47.4 Å². The van der Waals surface area contributed by atoms with Crippen molar-refractivity contribution < 1.29 is 28.6 Å². The molecule has 0 N–H and O–H groups in total. The molecule has 2 heterocycles. The third-order valence-electron chi connectivity index (χ3n) is 9.12. The minimum atomic E-state index is -1.60. The van der Waals surface area contributed by atoms with E-state index in [0.717, 1.165) is 11.3 Å². The Morgan fingerprint density at radius 3 is 2.05 bits per heavy atom. The van der Waals surface area contributed by atoms with Crippen LogP contribution in [0.2, 0.25) is 0 Å². The van der Waals surface area contributed by atoms with Crippen molar-refractivity contribution in [2.75, 3.05) is 26.2 Å². The first-order valence-corrected chi connectivity index (χ1v) is 14.1. The largest absolute Gasteiger partial charge is 0.497 e. The summed E-state index contributed by atoms with van der Waals surface area (Å²) >= 11 is 0. The number of fused-ring (bicyclic) bond motifs is 5. The molecule has 43 heavy (non-hydrogen) atoms. The quantitative estimate of drug-likeness (QED) is 0.207. The summed E-state index contributed by atoms with van der Waals surface area (Å²) < 4.78 is 16.5. The molecule has 0 bridgehead atoms. The van der Waals surface area contributed by atoms with Gasteiger partial charge >= 0.3 is 0 Å². The fourth-order valence-corrected chi connectivity index (χ4v) is 7.26. The zero-order valence-corrected chi connectivity index (χ0v) is 23.9. The molecule has 2 aliphatic heterocycles. The highest BCUT2D eigenvalue weighted by Gasteiger charge is 2.71. The molecule has 214 valence electrons. The number of rotatable bonds is 6. The van der Waals surface area contributed by atoms with Gasteiger partial charge in [-0.1, -0.05) is 60.7 Å². The van der Waals surface area contributed by atoms with E-state index in [1.165, 1.54) is 7.11 Å². The number of benzene rings is 4. The normalized spacial score (nSPS) is 20.9. The van der Waals surface area contributed by atoms with Crippen molar-refractivity contribution in [1.29, 1.82) is 0 Å². The lowest BCUT2D eigenvalue weighted by Gasteiger charge is -2.37. The summed E-state index contributed by atoms with van der Waals surface area (Å²) in [4.78, 5) is 46.4. The summed E-state index contributed by atoms with van der Waals surface area (Å²) in [5, 5.41) is 0. The van der Waals surface area contributed by atoms with Crippen molar-refractivity contribution in [3.05, 3.63) is 125 Å². The molecule has 0 aromatic heterocycles. The molecule has 4 aromatic rings. The Morgan fingerprint density at radius 2 is 1.40 bits per heavy atom. The molecule has 7 nitrogen and oxygen atoms in total. The number of Topliss-reactive ketones (excluding diaryl/α,β-unsaturated/α-hetero) is 3. The van der Waals surface area contributed by atoms with Crippen LogP contribution in [-0.2, 0) is 0 Å². The molecule has 4 aromatic carbocycles. The molecule has 7 heteroatoms. The van der Waals surface area contributed by atoms with Crippen LogP contribution < -0.4 is 19.1 Å². The Hall–Kier alpha value is -5.17. The van der Waals surface area contributed by atoms with Crippen LogP contribution in [0.1, 0.15) is 48.1 Å². The smallest absolute Gasteiger partial charge is 0.185 e. The highest BCUT2D eigenvalue weighted by molar-refractivity contribution is 6.32. The Balaban J connectivity index is 1.54. The number of ether oxygens (including phenoxy) is 3. The Morgan fingerprint density at radius 1 is 0.744 bits per heavy atom. The van der Waals surface area contributed by atoms with Crippen molar-refractivity contribution in [2.24, 2.45) is 5.41 Å². The predicted octanol–water partition coefficient (Wildman–Crippen LogP) is 6.03. The molecular weight excluding hydrogens is 542 g/mol. The number of carbonyl (C=O) groups is 3. The maximum Gasteiger partial charge on any atom is 0.185 e. The third-order valence-corrected chi connectivity index (χ3v) is 9.12. The van der Waals surface area contributed by atoms with E-state index in [-0.39, 0.29) is 17.3 Å².